The molecule has 4 heteroatoms. The maximum Gasteiger partial charge on any atom is 0.236 e. The van der Waals surface area contributed by atoms with E-state index in [0.717, 1.165) is 0 Å². The average Bonchev–Trinajstić information content (AvgIpc) is 2.38. The van der Waals surface area contributed by atoms with Crippen molar-refractivity contribution in [1.29, 1.82) is 0 Å². The second-order valence-electron chi connectivity index (χ2n) is 4.85. The quantitative estimate of drug-likeness (QED) is 0.846. The first-order valence-electron chi connectivity index (χ1n) is 6.55. The molecule has 0 saturated heterocycles. The third-order valence-electron chi connectivity index (χ3n) is 2.74. The molecule has 2 aromatic rings. The lowest BCUT2D eigenvalue weighted by Gasteiger charge is -2.07. The predicted molar refractivity (Wildman–Crippen MR) is 75.9 cm³/mol. The Morgan fingerprint density at radius 1 is 1.25 bits per heavy atom. The molecule has 0 saturated carbocycles. The highest BCUT2D eigenvalue weighted by atomic mass is 19.1. The lowest BCUT2D eigenvalue weighted by molar-refractivity contribution is 0.0908. The third kappa shape index (κ3) is 3.63. The Labute approximate surface area is 117 Å². The Kier molecular flexibility index (Phi) is 4.45. The van der Waals surface area contributed by atoms with Gasteiger partial charge in [0.2, 0.25) is 5.91 Å². The predicted octanol–water partition coefficient (Wildman–Crippen LogP) is 2.82. The van der Waals surface area contributed by atoms with Crippen LogP contribution in [-0.4, -0.2) is 16.5 Å². The molecule has 0 bridgehead atoms. The van der Waals surface area contributed by atoms with Gasteiger partial charge in [0.1, 0.15) is 11.3 Å². The molecule has 20 heavy (non-hydrogen) atoms. The Bertz CT molecular complexity index is 674. The van der Waals surface area contributed by atoms with Crippen molar-refractivity contribution < 1.29 is 9.18 Å². The minimum Gasteiger partial charge on any atom is -0.274 e. The van der Waals surface area contributed by atoms with Crippen LogP contribution in [0.4, 0.5) is 4.39 Å². The highest BCUT2D eigenvalue weighted by molar-refractivity contribution is 5.81. The van der Waals surface area contributed by atoms with Crippen molar-refractivity contribution in [1.82, 2.24) is 4.57 Å². The van der Waals surface area contributed by atoms with Gasteiger partial charge in [-0.3, -0.25) is 14.4 Å². The molecule has 3 nitrogen and oxygen atoms in total. The molecule has 1 aromatic carbocycles. The van der Waals surface area contributed by atoms with Crippen LogP contribution in [0.2, 0.25) is 0 Å². The van der Waals surface area contributed by atoms with E-state index in [1.54, 1.807) is 30.5 Å². The van der Waals surface area contributed by atoms with Crippen molar-refractivity contribution in [2.75, 3.05) is 0 Å². The summed E-state index contributed by atoms with van der Waals surface area (Å²) in [6.45, 7) is 3.91. The van der Waals surface area contributed by atoms with E-state index in [2.05, 4.69) is 4.99 Å². The molecule has 0 radical (unpaired) electrons. The van der Waals surface area contributed by atoms with Crippen molar-refractivity contribution in [3.63, 3.8) is 0 Å². The van der Waals surface area contributed by atoms with Crippen LogP contribution in [0.5, 0.6) is 0 Å². The number of pyridine rings is 1. The number of aromatic nitrogens is 1. The molecule has 0 fully saturated rings. The van der Waals surface area contributed by atoms with Gasteiger partial charge >= 0.3 is 0 Å². The first-order chi connectivity index (χ1) is 9.56. The second kappa shape index (κ2) is 6.28. The van der Waals surface area contributed by atoms with Crippen molar-refractivity contribution >= 4 is 5.91 Å². The fourth-order valence-corrected chi connectivity index (χ4v) is 1.92. The monoisotopic (exact) mass is 272 g/mol. The summed E-state index contributed by atoms with van der Waals surface area (Å²) in [5.74, 6) is -0.462. The molecule has 0 atom stereocenters. The largest absolute Gasteiger partial charge is 0.274 e. The molecule has 0 unspecified atom stereocenters. The smallest absolute Gasteiger partial charge is 0.236 e. The molecule has 0 N–H and O–H groups in total. The fraction of sp³-hybridized carbons (Fsp3) is 0.250. The number of hydrogen-bond acceptors (Lipinski definition) is 2. The maximum absolute atomic E-state index is 13.1. The van der Waals surface area contributed by atoms with Crippen LogP contribution in [-0.2, 0) is 6.42 Å². The summed E-state index contributed by atoms with van der Waals surface area (Å²) in [4.78, 5) is 16.7. The van der Waals surface area contributed by atoms with Gasteiger partial charge in [-0.15, -0.1) is 0 Å². The molecular formula is C16H17FN2O. The minimum atomic E-state index is -0.333. The van der Waals surface area contributed by atoms with Gasteiger partial charge in [0.15, 0.2) is 0 Å². The van der Waals surface area contributed by atoms with E-state index in [-0.39, 0.29) is 24.2 Å². The van der Waals surface area contributed by atoms with Crippen molar-refractivity contribution in [2.24, 2.45) is 4.99 Å². The topological polar surface area (TPSA) is 34.4 Å². The number of carbonyl (C=O) groups is 1. The number of hydrogen-bond donors (Lipinski definition) is 0. The summed E-state index contributed by atoms with van der Waals surface area (Å²) in [5.41, 5.74) is 1.27. The summed E-state index contributed by atoms with van der Waals surface area (Å²) in [6.07, 6.45) is 1.83. The normalized spacial score (nSPS) is 11.9. The molecule has 0 amide bonds. The lowest BCUT2D eigenvalue weighted by atomic mass is 10.1. The zero-order valence-corrected chi connectivity index (χ0v) is 11.6. The van der Waals surface area contributed by atoms with Gasteiger partial charge in [0.25, 0.3) is 0 Å². The van der Waals surface area contributed by atoms with Gasteiger partial charge in [0.05, 0.1) is 6.42 Å². The molecule has 0 aliphatic carbocycles. The molecule has 2 rings (SSSR count). The first kappa shape index (κ1) is 14.2. The Hall–Kier alpha value is -2.23. The van der Waals surface area contributed by atoms with Gasteiger partial charge in [-0.05, 0) is 43.7 Å². The maximum atomic E-state index is 13.1. The lowest BCUT2D eigenvalue weighted by Crippen LogP contribution is -2.28. The molecule has 0 aliphatic rings. The van der Waals surface area contributed by atoms with Gasteiger partial charge < -0.3 is 0 Å². The van der Waals surface area contributed by atoms with Gasteiger partial charge in [-0.1, -0.05) is 18.2 Å². The van der Waals surface area contributed by atoms with Crippen molar-refractivity contribution in [3.8, 4) is 0 Å². The Morgan fingerprint density at radius 2 is 2.05 bits per heavy atom. The molecule has 0 aliphatic heterocycles. The summed E-state index contributed by atoms with van der Waals surface area (Å²) >= 11 is 0. The van der Waals surface area contributed by atoms with Crippen molar-refractivity contribution in [2.45, 2.75) is 26.3 Å². The zero-order valence-electron chi connectivity index (χ0n) is 11.6. The first-order valence-corrected chi connectivity index (χ1v) is 6.55. The highest BCUT2D eigenvalue weighted by Crippen LogP contribution is 2.05. The van der Waals surface area contributed by atoms with Crippen LogP contribution < -0.4 is 5.49 Å². The Balaban J connectivity index is 2.30. The van der Waals surface area contributed by atoms with Crippen LogP contribution >= 0.6 is 0 Å². The Morgan fingerprint density at radius 3 is 2.75 bits per heavy atom. The minimum absolute atomic E-state index is 0.102. The van der Waals surface area contributed by atoms with E-state index < -0.39 is 0 Å². The van der Waals surface area contributed by atoms with Crippen LogP contribution in [0.15, 0.2) is 53.7 Å². The fourth-order valence-electron chi connectivity index (χ4n) is 1.92. The van der Waals surface area contributed by atoms with E-state index in [1.165, 1.54) is 16.7 Å². The molecular weight excluding hydrogens is 255 g/mol. The number of rotatable bonds is 3. The van der Waals surface area contributed by atoms with E-state index in [9.17, 15) is 9.18 Å². The average molecular weight is 272 g/mol. The van der Waals surface area contributed by atoms with Gasteiger partial charge in [-0.2, -0.15) is 0 Å². The summed E-state index contributed by atoms with van der Waals surface area (Å²) in [5, 5.41) is 0. The van der Waals surface area contributed by atoms with Gasteiger partial charge in [0, 0.05) is 12.2 Å². The molecule has 1 heterocycles. The van der Waals surface area contributed by atoms with E-state index in [4.69, 9.17) is 0 Å². The second-order valence-corrected chi connectivity index (χ2v) is 4.85. The zero-order chi connectivity index (χ0) is 14.5. The summed E-state index contributed by atoms with van der Waals surface area (Å²) < 4.78 is 14.6. The van der Waals surface area contributed by atoms with Crippen molar-refractivity contribution in [3.05, 3.63) is 65.5 Å². The molecule has 0 spiro atoms. The SMILES string of the molecule is CC(C)N=c1ccccn1C(=O)Cc1cccc(F)c1. The standard InChI is InChI=1S/C16H17FN2O/c1-12(2)18-15-8-3-4-9-19(15)16(20)11-13-6-5-7-14(17)10-13/h3-10,12H,11H2,1-2H3. The molecule has 104 valence electrons. The summed E-state index contributed by atoms with van der Waals surface area (Å²) in [7, 11) is 0. The van der Waals surface area contributed by atoms with E-state index in [1.807, 2.05) is 19.9 Å². The number of benzene rings is 1. The van der Waals surface area contributed by atoms with Crippen LogP contribution in [0.25, 0.3) is 0 Å². The van der Waals surface area contributed by atoms with E-state index in [0.29, 0.717) is 11.1 Å². The van der Waals surface area contributed by atoms with Crippen LogP contribution in [0.1, 0.15) is 24.2 Å². The highest BCUT2D eigenvalue weighted by Gasteiger charge is 2.07. The molecule has 1 aromatic heterocycles. The number of halogens is 1. The van der Waals surface area contributed by atoms with Crippen LogP contribution in [0.3, 0.4) is 0 Å². The van der Waals surface area contributed by atoms with Crippen LogP contribution in [0, 0.1) is 5.82 Å². The number of carbonyl (C=O) groups excluding carboxylic acids is 1. The third-order valence-corrected chi connectivity index (χ3v) is 2.74. The summed E-state index contributed by atoms with van der Waals surface area (Å²) in [6, 6.07) is 11.6. The number of nitrogens with zero attached hydrogens (tertiary/aromatic N) is 2. The van der Waals surface area contributed by atoms with Gasteiger partial charge in [-0.25, -0.2) is 4.39 Å². The van der Waals surface area contributed by atoms with E-state index >= 15 is 0 Å².